The molecule has 0 spiro atoms. The van der Waals surface area contributed by atoms with Crippen LogP contribution in [0.4, 0.5) is 4.39 Å². The van der Waals surface area contributed by atoms with Gasteiger partial charge in [0.25, 0.3) is 0 Å². The maximum Gasteiger partial charge on any atom is 0.123 e. The SMILES string of the molecule is CC(CN)(Cc1ccc(F)cc1)NCCCO. The zero-order valence-corrected chi connectivity index (χ0v) is 10.2. The molecule has 4 N–H and O–H groups in total. The van der Waals surface area contributed by atoms with Crippen LogP contribution in [-0.2, 0) is 6.42 Å². The second kappa shape index (κ2) is 6.69. The van der Waals surface area contributed by atoms with Crippen LogP contribution in [-0.4, -0.2) is 30.3 Å². The molecule has 0 aliphatic heterocycles. The summed E-state index contributed by atoms with van der Waals surface area (Å²) in [7, 11) is 0. The van der Waals surface area contributed by atoms with E-state index in [-0.39, 0.29) is 18.0 Å². The number of rotatable bonds is 7. The zero-order valence-electron chi connectivity index (χ0n) is 10.2. The molecule has 17 heavy (non-hydrogen) atoms. The van der Waals surface area contributed by atoms with Crippen molar-refractivity contribution in [1.82, 2.24) is 5.32 Å². The van der Waals surface area contributed by atoms with Crippen LogP contribution in [0.1, 0.15) is 18.9 Å². The summed E-state index contributed by atoms with van der Waals surface area (Å²) in [5, 5.41) is 12.1. The number of hydrogen-bond acceptors (Lipinski definition) is 3. The van der Waals surface area contributed by atoms with Gasteiger partial charge in [-0.15, -0.1) is 0 Å². The Kier molecular flexibility index (Phi) is 5.55. The van der Waals surface area contributed by atoms with Gasteiger partial charge in [0.1, 0.15) is 5.82 Å². The number of benzene rings is 1. The van der Waals surface area contributed by atoms with Gasteiger partial charge in [0.15, 0.2) is 0 Å². The topological polar surface area (TPSA) is 58.3 Å². The van der Waals surface area contributed by atoms with E-state index in [4.69, 9.17) is 10.8 Å². The Morgan fingerprint density at radius 2 is 2.00 bits per heavy atom. The summed E-state index contributed by atoms with van der Waals surface area (Å²) in [5.41, 5.74) is 6.60. The van der Waals surface area contributed by atoms with Crippen molar-refractivity contribution in [3.8, 4) is 0 Å². The summed E-state index contributed by atoms with van der Waals surface area (Å²) < 4.78 is 12.8. The molecule has 0 aliphatic rings. The summed E-state index contributed by atoms with van der Waals surface area (Å²) in [6.07, 6.45) is 1.45. The van der Waals surface area contributed by atoms with E-state index < -0.39 is 0 Å². The van der Waals surface area contributed by atoms with Crippen LogP contribution < -0.4 is 11.1 Å². The van der Waals surface area contributed by atoms with Gasteiger partial charge in [0, 0.05) is 18.7 Å². The van der Waals surface area contributed by atoms with Gasteiger partial charge in [-0.2, -0.15) is 0 Å². The fourth-order valence-electron chi connectivity index (χ4n) is 1.73. The van der Waals surface area contributed by atoms with E-state index in [0.717, 1.165) is 18.5 Å². The minimum atomic E-state index is -0.226. The number of hydrogen-bond donors (Lipinski definition) is 3. The average Bonchev–Trinajstić information content (AvgIpc) is 2.33. The van der Waals surface area contributed by atoms with Gasteiger partial charge >= 0.3 is 0 Å². The summed E-state index contributed by atoms with van der Waals surface area (Å²) in [5.74, 6) is -0.226. The maximum absolute atomic E-state index is 12.8. The maximum atomic E-state index is 12.8. The summed E-state index contributed by atoms with van der Waals surface area (Å²) in [6, 6.07) is 6.47. The molecule has 4 heteroatoms. The number of nitrogens with two attached hydrogens (primary N) is 1. The molecule has 0 radical (unpaired) electrons. The third-order valence-corrected chi connectivity index (χ3v) is 2.84. The van der Waals surface area contributed by atoms with Crippen LogP contribution in [0.25, 0.3) is 0 Å². The summed E-state index contributed by atoms with van der Waals surface area (Å²) in [4.78, 5) is 0. The van der Waals surface area contributed by atoms with E-state index in [1.807, 2.05) is 6.92 Å². The first-order chi connectivity index (χ1) is 8.09. The molecule has 0 saturated carbocycles. The van der Waals surface area contributed by atoms with Crippen molar-refractivity contribution in [2.45, 2.75) is 25.3 Å². The Morgan fingerprint density at radius 1 is 1.35 bits per heavy atom. The molecule has 0 heterocycles. The smallest absolute Gasteiger partial charge is 0.123 e. The number of aliphatic hydroxyl groups excluding tert-OH is 1. The van der Waals surface area contributed by atoms with Crippen LogP contribution in [0.2, 0.25) is 0 Å². The van der Waals surface area contributed by atoms with Crippen molar-refractivity contribution >= 4 is 0 Å². The Labute approximate surface area is 102 Å². The lowest BCUT2D eigenvalue weighted by Gasteiger charge is -2.29. The van der Waals surface area contributed by atoms with Gasteiger partial charge in [0.2, 0.25) is 0 Å². The second-order valence-electron chi connectivity index (χ2n) is 4.57. The first kappa shape index (κ1) is 14.1. The molecule has 1 aromatic carbocycles. The quantitative estimate of drug-likeness (QED) is 0.625. The standard InChI is InChI=1S/C13H21FN2O/c1-13(10-15,16-7-2-8-17)9-11-3-5-12(14)6-4-11/h3-6,16-17H,2,7-10,15H2,1H3. The Bertz CT molecular complexity index is 329. The third kappa shape index (κ3) is 4.81. The molecular weight excluding hydrogens is 219 g/mol. The molecule has 3 nitrogen and oxygen atoms in total. The van der Waals surface area contributed by atoms with Crippen molar-refractivity contribution < 1.29 is 9.50 Å². The molecule has 0 aliphatic carbocycles. The van der Waals surface area contributed by atoms with Gasteiger partial charge in [-0.1, -0.05) is 12.1 Å². The molecule has 1 aromatic rings. The van der Waals surface area contributed by atoms with Crippen molar-refractivity contribution in [3.05, 3.63) is 35.6 Å². The Balaban J connectivity index is 2.58. The monoisotopic (exact) mass is 240 g/mol. The van der Waals surface area contributed by atoms with Gasteiger partial charge < -0.3 is 16.2 Å². The molecule has 96 valence electrons. The normalized spacial score (nSPS) is 14.6. The highest BCUT2D eigenvalue weighted by molar-refractivity contribution is 5.18. The molecule has 0 fully saturated rings. The Hall–Kier alpha value is -0.970. The molecule has 1 rings (SSSR count). The van der Waals surface area contributed by atoms with Gasteiger partial charge in [-0.3, -0.25) is 0 Å². The van der Waals surface area contributed by atoms with Gasteiger partial charge in [-0.05, 0) is 44.0 Å². The molecule has 0 bridgehead atoms. The third-order valence-electron chi connectivity index (χ3n) is 2.84. The molecule has 1 atom stereocenters. The fraction of sp³-hybridized carbons (Fsp3) is 0.538. The first-order valence-electron chi connectivity index (χ1n) is 5.90. The number of halogens is 1. The van der Waals surface area contributed by atoms with Crippen LogP contribution in [0.3, 0.4) is 0 Å². The zero-order chi connectivity index (χ0) is 12.7. The average molecular weight is 240 g/mol. The van der Waals surface area contributed by atoms with E-state index >= 15 is 0 Å². The Morgan fingerprint density at radius 3 is 2.53 bits per heavy atom. The lowest BCUT2D eigenvalue weighted by molar-refractivity contribution is 0.271. The van der Waals surface area contributed by atoms with E-state index in [1.165, 1.54) is 12.1 Å². The molecule has 0 saturated heterocycles. The highest BCUT2D eigenvalue weighted by atomic mass is 19.1. The van der Waals surface area contributed by atoms with Gasteiger partial charge in [0.05, 0.1) is 0 Å². The van der Waals surface area contributed by atoms with Crippen molar-refractivity contribution in [3.63, 3.8) is 0 Å². The van der Waals surface area contributed by atoms with Crippen molar-refractivity contribution in [2.75, 3.05) is 19.7 Å². The van der Waals surface area contributed by atoms with Crippen LogP contribution in [0.15, 0.2) is 24.3 Å². The molecule has 0 amide bonds. The molecular formula is C13H21FN2O. The van der Waals surface area contributed by atoms with Crippen LogP contribution in [0.5, 0.6) is 0 Å². The highest BCUT2D eigenvalue weighted by Crippen LogP contribution is 2.13. The van der Waals surface area contributed by atoms with E-state index in [1.54, 1.807) is 12.1 Å². The highest BCUT2D eigenvalue weighted by Gasteiger charge is 2.21. The summed E-state index contributed by atoms with van der Waals surface area (Å²) in [6.45, 7) is 3.43. The largest absolute Gasteiger partial charge is 0.396 e. The second-order valence-corrected chi connectivity index (χ2v) is 4.57. The van der Waals surface area contributed by atoms with Crippen molar-refractivity contribution in [1.29, 1.82) is 0 Å². The van der Waals surface area contributed by atoms with E-state index in [9.17, 15) is 4.39 Å². The van der Waals surface area contributed by atoms with Crippen molar-refractivity contribution in [2.24, 2.45) is 5.73 Å². The first-order valence-corrected chi connectivity index (χ1v) is 5.90. The predicted molar refractivity (Wildman–Crippen MR) is 67.3 cm³/mol. The predicted octanol–water partition coefficient (Wildman–Crippen LogP) is 1.06. The number of aliphatic hydroxyl groups is 1. The fourth-order valence-corrected chi connectivity index (χ4v) is 1.73. The number of nitrogens with one attached hydrogen (secondary N) is 1. The molecule has 0 aromatic heterocycles. The van der Waals surface area contributed by atoms with Crippen LogP contribution in [0, 0.1) is 5.82 Å². The lowest BCUT2D eigenvalue weighted by Crippen LogP contribution is -2.50. The minimum Gasteiger partial charge on any atom is -0.396 e. The van der Waals surface area contributed by atoms with Crippen LogP contribution >= 0.6 is 0 Å². The van der Waals surface area contributed by atoms with E-state index in [0.29, 0.717) is 13.0 Å². The molecule has 1 unspecified atom stereocenters. The van der Waals surface area contributed by atoms with Gasteiger partial charge in [-0.25, -0.2) is 4.39 Å². The minimum absolute atomic E-state index is 0.171. The lowest BCUT2D eigenvalue weighted by atomic mass is 9.92. The summed E-state index contributed by atoms with van der Waals surface area (Å²) >= 11 is 0. The van der Waals surface area contributed by atoms with E-state index in [2.05, 4.69) is 5.32 Å².